The Balaban J connectivity index is 1.09. The number of aromatic nitrogens is 3. The fourth-order valence-electron chi connectivity index (χ4n) is 7.49. The molecule has 9 nitrogen and oxygen atoms in total. The van der Waals surface area contributed by atoms with Gasteiger partial charge < -0.3 is 14.7 Å². The highest BCUT2D eigenvalue weighted by atomic mass is 16.2. The van der Waals surface area contributed by atoms with Crippen LogP contribution in [0.5, 0.6) is 0 Å². The zero-order valence-electron chi connectivity index (χ0n) is 35.2. The molecule has 9 heteroatoms. The standard InChI is InChI=1S/C53H44N6O3/c1-35-14-12-15-36(2)50(35)40-21-13-20-39(28-40)48-26-24-43(34-55-48)52(61)58(4)45-29-44(57(3)51(60)42-23-25-47(54-33-42)38-18-10-7-11-19-38)30-46(31-45)59(5)53(62)49-27-22-41(32-56-49)37-16-8-6-9-17-37/h6-34H,1-5H3. The number of benzene rings is 5. The zero-order chi connectivity index (χ0) is 43.3. The Morgan fingerprint density at radius 1 is 0.387 bits per heavy atom. The summed E-state index contributed by atoms with van der Waals surface area (Å²) in [4.78, 5) is 60.4. The molecule has 0 saturated heterocycles. The van der Waals surface area contributed by atoms with Crippen LogP contribution in [0.3, 0.4) is 0 Å². The van der Waals surface area contributed by atoms with Gasteiger partial charge >= 0.3 is 0 Å². The lowest BCUT2D eigenvalue weighted by atomic mass is 9.94. The van der Waals surface area contributed by atoms with Crippen molar-refractivity contribution in [2.75, 3.05) is 35.8 Å². The minimum absolute atomic E-state index is 0.239. The second-order valence-corrected chi connectivity index (χ2v) is 15.2. The number of hydrogen-bond acceptors (Lipinski definition) is 6. The molecule has 304 valence electrons. The van der Waals surface area contributed by atoms with Crippen molar-refractivity contribution >= 4 is 34.8 Å². The average Bonchev–Trinajstić information content (AvgIpc) is 3.33. The lowest BCUT2D eigenvalue weighted by Gasteiger charge is -2.26. The molecule has 3 amide bonds. The van der Waals surface area contributed by atoms with Crippen molar-refractivity contribution in [2.24, 2.45) is 0 Å². The Hall–Kier alpha value is -8.04. The van der Waals surface area contributed by atoms with Crippen LogP contribution in [0.15, 0.2) is 176 Å². The van der Waals surface area contributed by atoms with E-state index in [0.29, 0.717) is 28.2 Å². The molecular formula is C53H44N6O3. The molecule has 0 unspecified atom stereocenters. The van der Waals surface area contributed by atoms with E-state index >= 15 is 0 Å². The van der Waals surface area contributed by atoms with E-state index in [1.165, 1.54) is 31.4 Å². The quantitative estimate of drug-likeness (QED) is 0.136. The summed E-state index contributed by atoms with van der Waals surface area (Å²) in [6, 6.07) is 50.0. The molecule has 5 aromatic carbocycles. The maximum atomic E-state index is 14.2. The Labute approximate surface area is 361 Å². The van der Waals surface area contributed by atoms with Crippen molar-refractivity contribution in [3.63, 3.8) is 0 Å². The van der Waals surface area contributed by atoms with Gasteiger partial charge in [0.15, 0.2) is 0 Å². The van der Waals surface area contributed by atoms with E-state index in [-0.39, 0.29) is 23.4 Å². The average molecular weight is 813 g/mol. The number of nitrogens with zero attached hydrogens (tertiary/aromatic N) is 6. The lowest BCUT2D eigenvalue weighted by Crippen LogP contribution is -2.31. The second-order valence-electron chi connectivity index (χ2n) is 15.2. The molecule has 0 aliphatic heterocycles. The number of aryl methyl sites for hydroxylation is 2. The summed E-state index contributed by atoms with van der Waals surface area (Å²) in [5.74, 6) is -1.00. The summed E-state index contributed by atoms with van der Waals surface area (Å²) in [6.07, 6.45) is 4.81. The van der Waals surface area contributed by atoms with Crippen LogP contribution in [-0.4, -0.2) is 53.8 Å². The predicted octanol–water partition coefficient (Wildman–Crippen LogP) is 11.0. The molecule has 0 N–H and O–H groups in total. The molecule has 0 fully saturated rings. The van der Waals surface area contributed by atoms with Gasteiger partial charge in [0.1, 0.15) is 5.69 Å². The monoisotopic (exact) mass is 812 g/mol. The minimum Gasteiger partial charge on any atom is -0.311 e. The molecule has 8 aromatic rings. The van der Waals surface area contributed by atoms with Crippen molar-refractivity contribution in [2.45, 2.75) is 13.8 Å². The topological polar surface area (TPSA) is 99.6 Å². The predicted molar refractivity (Wildman–Crippen MR) is 249 cm³/mol. The first-order valence-electron chi connectivity index (χ1n) is 20.2. The van der Waals surface area contributed by atoms with E-state index in [9.17, 15) is 14.4 Å². The normalized spacial score (nSPS) is 10.9. The van der Waals surface area contributed by atoms with Crippen molar-refractivity contribution < 1.29 is 14.4 Å². The summed E-state index contributed by atoms with van der Waals surface area (Å²) in [5, 5.41) is 0. The van der Waals surface area contributed by atoms with Gasteiger partial charge in [0.25, 0.3) is 17.7 Å². The molecule has 0 spiro atoms. The van der Waals surface area contributed by atoms with Crippen LogP contribution in [0.2, 0.25) is 0 Å². The highest BCUT2D eigenvalue weighted by Gasteiger charge is 2.23. The second kappa shape index (κ2) is 17.7. The van der Waals surface area contributed by atoms with E-state index < -0.39 is 0 Å². The molecule has 3 aromatic heterocycles. The molecule has 0 bridgehead atoms. The van der Waals surface area contributed by atoms with Gasteiger partial charge in [-0.05, 0) is 96.3 Å². The van der Waals surface area contributed by atoms with Gasteiger partial charge in [-0.15, -0.1) is 0 Å². The van der Waals surface area contributed by atoms with E-state index in [0.717, 1.165) is 39.2 Å². The third-order valence-corrected chi connectivity index (χ3v) is 11.1. The summed E-state index contributed by atoms with van der Waals surface area (Å²) >= 11 is 0. The molecule has 0 aliphatic carbocycles. The van der Waals surface area contributed by atoms with Crippen LogP contribution in [0, 0.1) is 13.8 Å². The summed E-state index contributed by atoms with van der Waals surface area (Å²) in [5.41, 5.74) is 12.3. The summed E-state index contributed by atoms with van der Waals surface area (Å²) in [7, 11) is 4.96. The van der Waals surface area contributed by atoms with Gasteiger partial charge in [-0.3, -0.25) is 29.3 Å². The lowest BCUT2D eigenvalue weighted by molar-refractivity contribution is 0.0983. The number of carbonyl (C=O) groups excluding carboxylic acids is 3. The zero-order valence-corrected chi connectivity index (χ0v) is 35.2. The van der Waals surface area contributed by atoms with E-state index in [4.69, 9.17) is 4.98 Å². The third kappa shape index (κ3) is 8.50. The number of anilines is 3. The van der Waals surface area contributed by atoms with Crippen molar-refractivity contribution in [3.05, 3.63) is 204 Å². The molecular weight excluding hydrogens is 769 g/mol. The van der Waals surface area contributed by atoms with Gasteiger partial charge in [-0.1, -0.05) is 103 Å². The van der Waals surface area contributed by atoms with Crippen molar-refractivity contribution in [1.29, 1.82) is 0 Å². The Morgan fingerprint density at radius 2 is 0.855 bits per heavy atom. The van der Waals surface area contributed by atoms with Crippen LogP contribution < -0.4 is 14.7 Å². The van der Waals surface area contributed by atoms with Crippen LogP contribution in [0.1, 0.15) is 42.3 Å². The van der Waals surface area contributed by atoms with Crippen LogP contribution in [-0.2, 0) is 0 Å². The molecule has 0 saturated carbocycles. The third-order valence-electron chi connectivity index (χ3n) is 11.1. The fourth-order valence-corrected chi connectivity index (χ4v) is 7.49. The smallest absolute Gasteiger partial charge is 0.276 e. The van der Waals surface area contributed by atoms with Crippen LogP contribution >= 0.6 is 0 Å². The summed E-state index contributed by atoms with van der Waals surface area (Å²) < 4.78 is 0. The molecule has 3 heterocycles. The van der Waals surface area contributed by atoms with Gasteiger partial charge in [0.05, 0.1) is 22.5 Å². The van der Waals surface area contributed by atoms with Crippen LogP contribution in [0.4, 0.5) is 17.1 Å². The van der Waals surface area contributed by atoms with Gasteiger partial charge in [-0.25, -0.2) is 0 Å². The Bertz CT molecular complexity index is 2760. The fraction of sp³-hybridized carbons (Fsp3) is 0.0943. The van der Waals surface area contributed by atoms with Gasteiger partial charge in [-0.2, -0.15) is 0 Å². The van der Waals surface area contributed by atoms with E-state index in [1.807, 2.05) is 91.0 Å². The highest BCUT2D eigenvalue weighted by Crippen LogP contribution is 2.33. The molecule has 0 radical (unpaired) electrons. The molecule has 8 rings (SSSR count). The SMILES string of the molecule is Cc1cccc(C)c1-c1cccc(-c2ccc(C(=O)N(C)c3cc(N(C)C(=O)c4ccc(-c5ccccc5)nc4)cc(N(C)C(=O)c4ccc(-c5ccccc5)cn4)c3)cn2)c1. The Morgan fingerprint density at radius 3 is 1.35 bits per heavy atom. The number of pyridine rings is 3. The Kier molecular flexibility index (Phi) is 11.6. The highest BCUT2D eigenvalue weighted by molar-refractivity contribution is 6.10. The van der Waals surface area contributed by atoms with Crippen molar-refractivity contribution in [3.8, 4) is 44.8 Å². The van der Waals surface area contributed by atoms with Crippen molar-refractivity contribution in [1.82, 2.24) is 15.0 Å². The molecule has 0 atom stereocenters. The first kappa shape index (κ1) is 40.7. The van der Waals surface area contributed by atoms with Gasteiger partial charge in [0.2, 0.25) is 0 Å². The van der Waals surface area contributed by atoms with Crippen LogP contribution in [0.25, 0.3) is 44.8 Å². The maximum Gasteiger partial charge on any atom is 0.276 e. The van der Waals surface area contributed by atoms with Gasteiger partial charge in [0, 0.05) is 73.5 Å². The number of carbonyl (C=O) groups is 3. The first-order valence-corrected chi connectivity index (χ1v) is 20.2. The maximum absolute atomic E-state index is 14.2. The number of amides is 3. The first-order chi connectivity index (χ1) is 30.0. The van der Waals surface area contributed by atoms with E-state index in [1.54, 1.807) is 76.1 Å². The minimum atomic E-state index is -0.363. The molecule has 0 aliphatic rings. The largest absolute Gasteiger partial charge is 0.311 e. The molecule has 62 heavy (non-hydrogen) atoms. The summed E-state index contributed by atoms with van der Waals surface area (Å²) in [6.45, 7) is 4.22. The van der Waals surface area contributed by atoms with E-state index in [2.05, 4.69) is 54.1 Å². The number of rotatable bonds is 10. The number of hydrogen-bond donors (Lipinski definition) is 0.